The smallest absolute Gasteiger partial charge is 0.306 e. The first-order valence-corrected chi connectivity index (χ1v) is 8.98. The van der Waals surface area contributed by atoms with Crippen LogP contribution in [0.3, 0.4) is 0 Å². The number of piperidine rings is 1. The molecule has 0 radical (unpaired) electrons. The van der Waals surface area contributed by atoms with Crippen molar-refractivity contribution in [3.63, 3.8) is 0 Å². The third-order valence-electron chi connectivity index (χ3n) is 3.50. The van der Waals surface area contributed by atoms with E-state index in [1.807, 2.05) is 6.26 Å². The minimum Gasteiger partial charge on any atom is -0.481 e. The highest BCUT2D eigenvalue weighted by Gasteiger charge is 2.31. The van der Waals surface area contributed by atoms with Crippen LogP contribution in [0, 0.1) is 5.92 Å². The van der Waals surface area contributed by atoms with Gasteiger partial charge in [-0.2, -0.15) is 4.31 Å². The summed E-state index contributed by atoms with van der Waals surface area (Å²) in [6.07, 6.45) is 2.68. The summed E-state index contributed by atoms with van der Waals surface area (Å²) in [5.41, 5.74) is 0. The summed E-state index contributed by atoms with van der Waals surface area (Å²) in [6.45, 7) is 0.535. The number of hydrogen-bond acceptors (Lipinski definition) is 4. The van der Waals surface area contributed by atoms with Gasteiger partial charge in [0.15, 0.2) is 0 Å². The SMILES string of the molecule is CSc1ccc(S(=O)(=O)N2CCC(C(=O)O)CC2)cc1. The molecule has 1 aliphatic heterocycles. The Balaban J connectivity index is 2.13. The Bertz CT molecular complexity index is 575. The molecule has 1 N–H and O–H groups in total. The minimum absolute atomic E-state index is 0.267. The van der Waals surface area contributed by atoms with Gasteiger partial charge in [0, 0.05) is 18.0 Å². The van der Waals surface area contributed by atoms with Crippen LogP contribution in [0.5, 0.6) is 0 Å². The number of aliphatic carboxylic acids is 1. The van der Waals surface area contributed by atoms with Crippen LogP contribution < -0.4 is 0 Å². The highest BCUT2D eigenvalue weighted by atomic mass is 32.2. The summed E-state index contributed by atoms with van der Waals surface area (Å²) < 4.78 is 26.2. The topological polar surface area (TPSA) is 74.7 Å². The molecule has 0 saturated carbocycles. The number of sulfonamides is 1. The summed E-state index contributed by atoms with van der Waals surface area (Å²) in [5.74, 6) is -1.27. The summed E-state index contributed by atoms with van der Waals surface area (Å²) >= 11 is 1.55. The number of carboxylic acid groups (broad SMARTS) is 1. The molecule has 1 aliphatic rings. The molecule has 2 rings (SSSR count). The van der Waals surface area contributed by atoms with Crippen molar-refractivity contribution in [2.75, 3.05) is 19.3 Å². The zero-order valence-corrected chi connectivity index (χ0v) is 12.8. The molecule has 0 unspecified atom stereocenters. The molecule has 1 fully saturated rings. The van der Waals surface area contributed by atoms with Crippen molar-refractivity contribution >= 4 is 27.8 Å². The van der Waals surface area contributed by atoms with Crippen molar-refractivity contribution in [3.05, 3.63) is 24.3 Å². The van der Waals surface area contributed by atoms with E-state index in [1.165, 1.54) is 4.31 Å². The van der Waals surface area contributed by atoms with Crippen LogP contribution in [-0.2, 0) is 14.8 Å². The molecule has 0 aliphatic carbocycles. The maximum atomic E-state index is 12.4. The van der Waals surface area contributed by atoms with Crippen molar-refractivity contribution in [2.24, 2.45) is 5.92 Å². The van der Waals surface area contributed by atoms with Gasteiger partial charge >= 0.3 is 5.97 Å². The van der Waals surface area contributed by atoms with E-state index in [1.54, 1.807) is 36.0 Å². The quantitative estimate of drug-likeness (QED) is 0.859. The van der Waals surface area contributed by atoms with Crippen LogP contribution in [0.15, 0.2) is 34.1 Å². The average molecular weight is 315 g/mol. The van der Waals surface area contributed by atoms with Crippen LogP contribution >= 0.6 is 11.8 Å². The van der Waals surface area contributed by atoms with Gasteiger partial charge in [0.2, 0.25) is 10.0 Å². The zero-order valence-electron chi connectivity index (χ0n) is 11.2. The Morgan fingerprint density at radius 1 is 1.25 bits per heavy atom. The molecule has 1 aromatic rings. The maximum Gasteiger partial charge on any atom is 0.306 e. The third kappa shape index (κ3) is 3.16. The van der Waals surface area contributed by atoms with Gasteiger partial charge in [-0.15, -0.1) is 11.8 Å². The van der Waals surface area contributed by atoms with E-state index >= 15 is 0 Å². The first-order valence-electron chi connectivity index (χ1n) is 6.32. The Hall–Kier alpha value is -1.05. The lowest BCUT2D eigenvalue weighted by Crippen LogP contribution is -2.40. The van der Waals surface area contributed by atoms with E-state index in [2.05, 4.69) is 0 Å². The number of carbonyl (C=O) groups is 1. The van der Waals surface area contributed by atoms with Gasteiger partial charge in [-0.05, 0) is 43.4 Å². The summed E-state index contributed by atoms with van der Waals surface area (Å²) in [7, 11) is -3.51. The summed E-state index contributed by atoms with van der Waals surface area (Å²) in [4.78, 5) is 12.2. The molecule has 0 bridgehead atoms. The van der Waals surface area contributed by atoms with E-state index < -0.39 is 21.9 Å². The normalized spacial score (nSPS) is 18.1. The second kappa shape index (κ2) is 6.15. The van der Waals surface area contributed by atoms with E-state index in [9.17, 15) is 13.2 Å². The fourth-order valence-electron chi connectivity index (χ4n) is 2.24. The van der Waals surface area contributed by atoms with Crippen LogP contribution in [0.4, 0.5) is 0 Å². The largest absolute Gasteiger partial charge is 0.481 e. The lowest BCUT2D eigenvalue weighted by atomic mass is 9.99. The average Bonchev–Trinajstić information content (AvgIpc) is 2.47. The molecule has 20 heavy (non-hydrogen) atoms. The zero-order chi connectivity index (χ0) is 14.8. The van der Waals surface area contributed by atoms with Gasteiger partial charge in [0.05, 0.1) is 10.8 Å². The van der Waals surface area contributed by atoms with Gasteiger partial charge in [0.25, 0.3) is 0 Å². The van der Waals surface area contributed by atoms with E-state index in [4.69, 9.17) is 5.11 Å². The second-order valence-corrected chi connectivity index (χ2v) is 7.51. The molecule has 5 nitrogen and oxygen atoms in total. The van der Waals surface area contributed by atoms with Gasteiger partial charge in [-0.3, -0.25) is 4.79 Å². The van der Waals surface area contributed by atoms with Gasteiger partial charge in [-0.25, -0.2) is 8.42 Å². The molecule has 7 heteroatoms. The number of rotatable bonds is 4. The predicted octanol–water partition coefficient (Wildman–Crippen LogP) is 1.89. The standard InChI is InChI=1S/C13H17NO4S2/c1-19-11-2-4-12(5-3-11)20(17,18)14-8-6-10(7-9-14)13(15)16/h2-5,10H,6-9H2,1H3,(H,15,16). The monoisotopic (exact) mass is 315 g/mol. The Morgan fingerprint density at radius 3 is 2.25 bits per heavy atom. The highest BCUT2D eigenvalue weighted by molar-refractivity contribution is 7.98. The van der Waals surface area contributed by atoms with Crippen LogP contribution in [0.25, 0.3) is 0 Å². The maximum absolute atomic E-state index is 12.4. The van der Waals surface area contributed by atoms with E-state index in [-0.39, 0.29) is 18.0 Å². The second-order valence-electron chi connectivity index (χ2n) is 4.69. The molecular weight excluding hydrogens is 298 g/mol. The Kier molecular flexibility index (Phi) is 4.72. The molecule has 110 valence electrons. The van der Waals surface area contributed by atoms with Gasteiger partial charge in [0.1, 0.15) is 0 Å². The first-order chi connectivity index (χ1) is 9.45. The fraction of sp³-hybridized carbons (Fsp3) is 0.462. The number of benzene rings is 1. The minimum atomic E-state index is -3.51. The number of nitrogens with zero attached hydrogens (tertiary/aromatic N) is 1. The van der Waals surface area contributed by atoms with Crippen LogP contribution in [0.2, 0.25) is 0 Å². The molecule has 1 heterocycles. The van der Waals surface area contributed by atoms with Crippen molar-refractivity contribution in [1.29, 1.82) is 0 Å². The highest BCUT2D eigenvalue weighted by Crippen LogP contribution is 2.25. The van der Waals surface area contributed by atoms with Gasteiger partial charge < -0.3 is 5.11 Å². The lowest BCUT2D eigenvalue weighted by Gasteiger charge is -2.29. The summed E-state index contributed by atoms with van der Waals surface area (Å²) in [5, 5.41) is 8.93. The molecule has 1 saturated heterocycles. The van der Waals surface area contributed by atoms with Crippen molar-refractivity contribution in [3.8, 4) is 0 Å². The Morgan fingerprint density at radius 2 is 1.80 bits per heavy atom. The van der Waals surface area contributed by atoms with E-state index in [0.29, 0.717) is 12.8 Å². The van der Waals surface area contributed by atoms with Crippen molar-refractivity contribution in [2.45, 2.75) is 22.6 Å². The third-order valence-corrected chi connectivity index (χ3v) is 6.16. The first kappa shape index (κ1) is 15.3. The number of hydrogen-bond donors (Lipinski definition) is 1. The number of carboxylic acids is 1. The molecule has 0 atom stereocenters. The van der Waals surface area contributed by atoms with Crippen LogP contribution in [0.1, 0.15) is 12.8 Å². The molecule has 0 aromatic heterocycles. The number of thioether (sulfide) groups is 1. The fourth-order valence-corrected chi connectivity index (χ4v) is 4.12. The van der Waals surface area contributed by atoms with Crippen LogP contribution in [-0.4, -0.2) is 43.1 Å². The van der Waals surface area contributed by atoms with Crippen molar-refractivity contribution in [1.82, 2.24) is 4.31 Å². The predicted molar refractivity (Wildman–Crippen MR) is 77.3 cm³/mol. The molecule has 0 spiro atoms. The molecular formula is C13H17NO4S2. The van der Waals surface area contributed by atoms with E-state index in [0.717, 1.165) is 4.90 Å². The molecule has 1 aromatic carbocycles. The van der Waals surface area contributed by atoms with Crippen molar-refractivity contribution < 1.29 is 18.3 Å². The Labute approximate surface area is 123 Å². The van der Waals surface area contributed by atoms with Gasteiger partial charge in [-0.1, -0.05) is 0 Å². The lowest BCUT2D eigenvalue weighted by molar-refractivity contribution is -0.142. The summed E-state index contributed by atoms with van der Waals surface area (Å²) in [6, 6.07) is 6.76. The molecule has 0 amide bonds.